The Hall–Kier alpha value is -1.11. The van der Waals surface area contributed by atoms with Gasteiger partial charge in [-0.3, -0.25) is 0 Å². The Morgan fingerprint density at radius 2 is 1.74 bits per heavy atom. The lowest BCUT2D eigenvalue weighted by Gasteiger charge is -2.40. The van der Waals surface area contributed by atoms with Crippen molar-refractivity contribution in [3.05, 3.63) is 24.3 Å². The van der Waals surface area contributed by atoms with Crippen LogP contribution in [0.4, 0.5) is 5.69 Å². The molecule has 0 aromatic heterocycles. The first kappa shape index (κ1) is 14.3. The molecule has 0 atom stereocenters. The van der Waals surface area contributed by atoms with Gasteiger partial charge in [-0.2, -0.15) is 0 Å². The summed E-state index contributed by atoms with van der Waals surface area (Å²) in [7, 11) is -1.60. The molecule has 0 bridgehead atoms. The lowest BCUT2D eigenvalue weighted by Crippen LogP contribution is -2.50. The van der Waals surface area contributed by atoms with Crippen LogP contribution in [0.15, 0.2) is 29.2 Å². The lowest BCUT2D eigenvalue weighted by molar-refractivity contribution is 0.305. The second-order valence-corrected chi connectivity index (χ2v) is 6.90. The fourth-order valence-corrected chi connectivity index (χ4v) is 2.87. The van der Waals surface area contributed by atoms with Gasteiger partial charge >= 0.3 is 0 Å². The Morgan fingerprint density at radius 3 is 2.16 bits per heavy atom. The Kier molecular flexibility index (Phi) is 3.85. The van der Waals surface area contributed by atoms with Gasteiger partial charge in [-0.1, -0.05) is 0 Å². The van der Waals surface area contributed by atoms with Crippen LogP contribution in [0, 0.1) is 0 Å². The van der Waals surface area contributed by atoms with E-state index in [1.807, 2.05) is 19.2 Å². The molecule has 1 aliphatic rings. The number of primary sulfonamides is 1. The summed E-state index contributed by atoms with van der Waals surface area (Å²) in [6, 6.07) is 6.77. The number of benzene rings is 1. The fourth-order valence-electron chi connectivity index (χ4n) is 2.36. The van der Waals surface area contributed by atoms with E-state index in [1.165, 1.54) is 0 Å². The van der Waals surface area contributed by atoms with Gasteiger partial charge in [0.25, 0.3) is 0 Å². The number of sulfonamides is 1. The maximum Gasteiger partial charge on any atom is 0.238 e. The van der Waals surface area contributed by atoms with Gasteiger partial charge in [0.15, 0.2) is 0 Å². The molecule has 0 amide bonds. The van der Waals surface area contributed by atoms with Gasteiger partial charge in [-0.25, -0.2) is 13.6 Å². The maximum absolute atomic E-state index is 11.2. The molecule has 106 valence electrons. The maximum atomic E-state index is 11.2. The van der Waals surface area contributed by atoms with Crippen molar-refractivity contribution in [1.82, 2.24) is 5.32 Å². The summed E-state index contributed by atoms with van der Waals surface area (Å²) in [5.74, 6) is 0. The summed E-state index contributed by atoms with van der Waals surface area (Å²) in [5.41, 5.74) is 1.25. The Labute approximate surface area is 114 Å². The SMILES string of the molecule is CNC1(C)CCN(c2ccc(S(N)(=O)=O)cc2)CC1. The molecule has 3 N–H and O–H groups in total. The van der Waals surface area contributed by atoms with E-state index in [9.17, 15) is 8.42 Å². The minimum absolute atomic E-state index is 0.160. The van der Waals surface area contributed by atoms with Crippen molar-refractivity contribution in [3.8, 4) is 0 Å². The van der Waals surface area contributed by atoms with Crippen molar-refractivity contribution in [3.63, 3.8) is 0 Å². The van der Waals surface area contributed by atoms with E-state index in [1.54, 1.807) is 12.1 Å². The third kappa shape index (κ3) is 3.26. The summed E-state index contributed by atoms with van der Waals surface area (Å²) in [4.78, 5) is 2.43. The summed E-state index contributed by atoms with van der Waals surface area (Å²) >= 11 is 0. The van der Waals surface area contributed by atoms with Gasteiger partial charge in [0, 0.05) is 24.3 Å². The van der Waals surface area contributed by atoms with Gasteiger partial charge < -0.3 is 10.2 Å². The third-order valence-corrected chi connectivity index (χ3v) is 4.93. The van der Waals surface area contributed by atoms with Gasteiger partial charge in [-0.15, -0.1) is 0 Å². The van der Waals surface area contributed by atoms with Crippen molar-refractivity contribution >= 4 is 15.7 Å². The molecule has 1 fully saturated rings. The molecule has 1 aliphatic heterocycles. The first-order valence-corrected chi connectivity index (χ1v) is 7.95. The molecule has 1 aromatic rings. The molecule has 0 radical (unpaired) electrons. The second kappa shape index (κ2) is 5.11. The van der Waals surface area contributed by atoms with Crippen molar-refractivity contribution in [2.45, 2.75) is 30.2 Å². The van der Waals surface area contributed by atoms with E-state index in [-0.39, 0.29) is 10.4 Å². The summed E-state index contributed by atoms with van der Waals surface area (Å²) in [5, 5.41) is 8.45. The molecule has 6 heteroatoms. The summed E-state index contributed by atoms with van der Waals surface area (Å²) in [6.07, 6.45) is 2.14. The molecule has 5 nitrogen and oxygen atoms in total. The van der Waals surface area contributed by atoms with E-state index in [4.69, 9.17) is 5.14 Å². The van der Waals surface area contributed by atoms with Crippen LogP contribution in [0.5, 0.6) is 0 Å². The van der Waals surface area contributed by atoms with E-state index >= 15 is 0 Å². The zero-order valence-corrected chi connectivity index (χ0v) is 12.2. The van der Waals surface area contributed by atoms with E-state index in [0.717, 1.165) is 31.6 Å². The predicted octanol–water partition coefficient (Wildman–Crippen LogP) is 0.912. The highest BCUT2D eigenvalue weighted by Gasteiger charge is 2.28. The largest absolute Gasteiger partial charge is 0.371 e. The molecule has 1 heterocycles. The monoisotopic (exact) mass is 283 g/mol. The number of hydrogen-bond acceptors (Lipinski definition) is 4. The smallest absolute Gasteiger partial charge is 0.238 e. The van der Waals surface area contributed by atoms with Crippen LogP contribution < -0.4 is 15.4 Å². The molecule has 0 spiro atoms. The molecular weight excluding hydrogens is 262 g/mol. The Morgan fingerprint density at radius 1 is 1.21 bits per heavy atom. The second-order valence-electron chi connectivity index (χ2n) is 5.34. The molecule has 0 saturated carbocycles. The van der Waals surface area contributed by atoms with Crippen LogP contribution in [-0.4, -0.2) is 34.1 Å². The number of nitrogens with one attached hydrogen (secondary N) is 1. The van der Waals surface area contributed by atoms with Crippen LogP contribution in [0.2, 0.25) is 0 Å². The zero-order valence-electron chi connectivity index (χ0n) is 11.4. The first-order chi connectivity index (χ1) is 8.84. The topological polar surface area (TPSA) is 75.4 Å². The van der Waals surface area contributed by atoms with E-state index in [0.29, 0.717) is 0 Å². The Balaban J connectivity index is 2.09. The van der Waals surface area contributed by atoms with Crippen LogP contribution >= 0.6 is 0 Å². The van der Waals surface area contributed by atoms with Crippen molar-refractivity contribution < 1.29 is 8.42 Å². The zero-order chi connectivity index (χ0) is 14.1. The normalized spacial score (nSPS) is 19.4. The minimum Gasteiger partial charge on any atom is -0.371 e. The van der Waals surface area contributed by atoms with E-state index in [2.05, 4.69) is 17.1 Å². The van der Waals surface area contributed by atoms with E-state index < -0.39 is 10.0 Å². The summed E-state index contributed by atoms with van der Waals surface area (Å²) in [6.45, 7) is 4.16. The highest BCUT2D eigenvalue weighted by molar-refractivity contribution is 7.89. The number of hydrogen-bond donors (Lipinski definition) is 2. The highest BCUT2D eigenvalue weighted by Crippen LogP contribution is 2.26. The molecule has 19 heavy (non-hydrogen) atoms. The molecule has 1 saturated heterocycles. The third-order valence-electron chi connectivity index (χ3n) is 4.00. The highest BCUT2D eigenvalue weighted by atomic mass is 32.2. The van der Waals surface area contributed by atoms with Crippen molar-refractivity contribution in [1.29, 1.82) is 0 Å². The molecule has 0 unspecified atom stereocenters. The minimum atomic E-state index is -3.60. The fraction of sp³-hybridized carbons (Fsp3) is 0.538. The molecule has 2 rings (SSSR count). The van der Waals surface area contributed by atoms with Crippen molar-refractivity contribution in [2.24, 2.45) is 5.14 Å². The van der Waals surface area contributed by atoms with Crippen molar-refractivity contribution in [2.75, 3.05) is 25.0 Å². The van der Waals surface area contributed by atoms with Gasteiger partial charge in [-0.05, 0) is 51.1 Å². The van der Waals surface area contributed by atoms with Gasteiger partial charge in [0.05, 0.1) is 4.90 Å². The number of piperidine rings is 1. The predicted molar refractivity (Wildman–Crippen MR) is 76.7 cm³/mol. The summed E-state index contributed by atoms with van der Waals surface area (Å²) < 4.78 is 22.4. The number of nitrogens with zero attached hydrogens (tertiary/aromatic N) is 1. The van der Waals surface area contributed by atoms with Crippen LogP contribution in [0.25, 0.3) is 0 Å². The quantitative estimate of drug-likeness (QED) is 0.864. The van der Waals surface area contributed by atoms with Crippen LogP contribution in [0.3, 0.4) is 0 Å². The average molecular weight is 283 g/mol. The van der Waals surface area contributed by atoms with Gasteiger partial charge in [0.2, 0.25) is 10.0 Å². The Bertz CT molecular complexity index is 532. The van der Waals surface area contributed by atoms with Crippen LogP contribution in [-0.2, 0) is 10.0 Å². The number of nitrogens with two attached hydrogens (primary N) is 1. The standard InChI is InChI=1S/C13H21N3O2S/c1-13(15-2)7-9-16(10-8-13)11-3-5-12(6-4-11)19(14,17)18/h3-6,15H,7-10H2,1-2H3,(H2,14,17,18). The number of anilines is 1. The molecule has 0 aliphatic carbocycles. The van der Waals surface area contributed by atoms with Gasteiger partial charge in [0.1, 0.15) is 0 Å². The average Bonchev–Trinajstić information content (AvgIpc) is 2.39. The molecular formula is C13H21N3O2S. The van der Waals surface area contributed by atoms with Crippen LogP contribution in [0.1, 0.15) is 19.8 Å². The first-order valence-electron chi connectivity index (χ1n) is 6.41. The lowest BCUT2D eigenvalue weighted by atomic mass is 9.90. The number of rotatable bonds is 3. The molecule has 1 aromatic carbocycles.